The summed E-state index contributed by atoms with van der Waals surface area (Å²) in [5.41, 5.74) is 4.45. The Morgan fingerprint density at radius 1 is 1.27 bits per heavy atom. The molecule has 1 aliphatic heterocycles. The zero-order valence-electron chi connectivity index (χ0n) is 14.5. The molecule has 1 fully saturated rings. The van der Waals surface area contributed by atoms with Gasteiger partial charge in [-0.25, -0.2) is 13.7 Å². The molecule has 0 bridgehead atoms. The van der Waals surface area contributed by atoms with Crippen molar-refractivity contribution in [3.05, 3.63) is 22.7 Å². The summed E-state index contributed by atoms with van der Waals surface area (Å²) in [7, 11) is -19.0. The maximum absolute atomic E-state index is 13.9. The third-order valence-electron chi connectivity index (χ3n) is 3.68. The minimum Gasteiger partial charge on any atom is -0.390 e. The van der Waals surface area contributed by atoms with Crippen LogP contribution in [0.15, 0.2) is 17.1 Å². The Morgan fingerprint density at radius 3 is 2.40 bits per heavy atom. The molecule has 2 unspecified atom stereocenters. The fraction of sp³-hybridized carbons (Fsp3) is 0.600. The van der Waals surface area contributed by atoms with Gasteiger partial charge in [0.25, 0.3) is 0 Å². The smallest absolute Gasteiger partial charge is 0.390 e. The lowest BCUT2D eigenvalue weighted by Crippen LogP contribution is -2.29. The fourth-order valence-electron chi connectivity index (χ4n) is 2.29. The number of halogens is 2. The summed E-state index contributed by atoms with van der Waals surface area (Å²) in [5, 5.41) is 4.29. The van der Waals surface area contributed by atoms with Crippen LogP contribution in [0.3, 0.4) is 0 Å². The van der Waals surface area contributed by atoms with Gasteiger partial charge >= 0.3 is 34.1 Å². The summed E-state index contributed by atoms with van der Waals surface area (Å²) >= 11 is 0. The number of aliphatic hydroxyl groups excluding tert-OH is 1. The second kappa shape index (κ2) is 8.45. The van der Waals surface area contributed by atoms with Gasteiger partial charge in [-0.1, -0.05) is 0 Å². The Kier molecular flexibility index (Phi) is 7.09. The number of hydrogen-bond acceptors (Lipinski definition) is 10. The van der Waals surface area contributed by atoms with Crippen molar-refractivity contribution in [2.45, 2.75) is 30.3 Å². The zero-order chi connectivity index (χ0) is 23.1. The summed E-state index contributed by atoms with van der Waals surface area (Å²) in [6.07, 6.45) is -3.32. The van der Waals surface area contributed by atoms with Crippen LogP contribution in [-0.2, 0) is 27.3 Å². The van der Waals surface area contributed by atoms with Crippen molar-refractivity contribution in [3.63, 3.8) is 0 Å². The van der Waals surface area contributed by atoms with E-state index in [0.717, 1.165) is 10.8 Å². The predicted molar refractivity (Wildman–Crippen MR) is 91.1 cm³/mol. The molecule has 172 valence electrons. The van der Waals surface area contributed by atoms with E-state index < -0.39 is 59.2 Å². The first-order valence-electron chi connectivity index (χ1n) is 7.60. The molecule has 7 N–H and O–H groups in total. The van der Waals surface area contributed by atoms with E-state index in [1.807, 2.05) is 0 Å². The van der Waals surface area contributed by atoms with Gasteiger partial charge < -0.3 is 39.7 Å². The van der Waals surface area contributed by atoms with Gasteiger partial charge in [-0.2, -0.15) is 13.8 Å². The lowest BCUT2D eigenvalue weighted by atomic mass is 10.2. The van der Waals surface area contributed by atoms with Gasteiger partial charge in [-0.3, -0.25) is 13.7 Å². The lowest BCUT2D eigenvalue weighted by Gasteiger charge is -2.26. The van der Waals surface area contributed by atoms with E-state index in [2.05, 4.69) is 13.8 Å². The van der Waals surface area contributed by atoms with Crippen LogP contribution in [0.25, 0.3) is 0 Å². The minimum absolute atomic E-state index is 0.107. The molecule has 0 saturated carbocycles. The summed E-state index contributed by atoms with van der Waals surface area (Å²) in [5.74, 6) is -0.107. The van der Waals surface area contributed by atoms with E-state index in [1.54, 1.807) is 0 Å². The molecule has 0 aliphatic carbocycles. The van der Waals surface area contributed by atoms with E-state index in [0.29, 0.717) is 0 Å². The largest absolute Gasteiger partial charge is 0.477 e. The highest BCUT2D eigenvalue weighted by Crippen LogP contribution is 2.78. The van der Waals surface area contributed by atoms with Crippen LogP contribution in [0, 0.1) is 0 Å². The van der Waals surface area contributed by atoms with Crippen molar-refractivity contribution in [1.82, 2.24) is 9.55 Å². The molecule has 1 saturated heterocycles. The number of anilines is 1. The first-order chi connectivity index (χ1) is 13.5. The average molecular weight is 501 g/mol. The van der Waals surface area contributed by atoms with Gasteiger partial charge in [0.1, 0.15) is 18.1 Å². The topological polar surface area (TPSA) is 241 Å². The number of alkyl halides is 2. The van der Waals surface area contributed by atoms with Crippen molar-refractivity contribution in [2.75, 3.05) is 12.3 Å². The molecular formula is C10H16F2N3O12P3. The van der Waals surface area contributed by atoms with Gasteiger partial charge in [-0.15, -0.1) is 0 Å². The molecule has 0 spiro atoms. The number of nitrogens with zero attached hydrogens (tertiary/aromatic N) is 2. The first-order valence-corrected chi connectivity index (χ1v) is 12.3. The Bertz CT molecular complexity index is 998. The van der Waals surface area contributed by atoms with E-state index in [9.17, 15) is 37.3 Å². The molecule has 15 nitrogen and oxygen atoms in total. The summed E-state index contributed by atoms with van der Waals surface area (Å²) in [6.45, 7) is -1.23. The zero-order valence-corrected chi connectivity index (χ0v) is 17.1. The van der Waals surface area contributed by atoms with Gasteiger partial charge in [0.2, 0.25) is 0 Å². The van der Waals surface area contributed by atoms with Gasteiger partial charge in [0.15, 0.2) is 0 Å². The predicted octanol–water partition coefficient (Wildman–Crippen LogP) is -0.479. The number of phosphoric acid groups is 1. The van der Waals surface area contributed by atoms with Crippen LogP contribution in [0.2, 0.25) is 0 Å². The van der Waals surface area contributed by atoms with Crippen molar-refractivity contribution >= 4 is 28.8 Å². The molecule has 1 aromatic heterocycles. The quantitative estimate of drug-likeness (QED) is 0.247. The van der Waals surface area contributed by atoms with Crippen molar-refractivity contribution in [3.8, 4) is 0 Å². The second-order valence-corrected chi connectivity index (χ2v) is 11.3. The highest BCUT2D eigenvalue weighted by Gasteiger charge is 2.68. The summed E-state index contributed by atoms with van der Waals surface area (Å²) in [4.78, 5) is 50.4. The number of nitrogens with two attached hydrogens (primary N) is 1. The normalized spacial score (nSPS) is 26.8. The Morgan fingerprint density at radius 2 is 1.87 bits per heavy atom. The lowest BCUT2D eigenvalue weighted by molar-refractivity contribution is -0.0455. The SMILES string of the molecule is Nc1ccn([C@H]2C[C@H](O)[C@@H](COP(=O)(O)C(F)(F)P(=O)(O)OP(=O)(O)O)O2)c(=O)n1. The highest BCUT2D eigenvalue weighted by molar-refractivity contribution is 7.75. The Balaban J connectivity index is 2.11. The molecule has 0 amide bonds. The average Bonchev–Trinajstić information content (AvgIpc) is 2.91. The van der Waals surface area contributed by atoms with E-state index in [1.165, 1.54) is 6.07 Å². The Hall–Kier alpha value is -1.09. The van der Waals surface area contributed by atoms with Gasteiger partial charge in [0, 0.05) is 12.6 Å². The first kappa shape index (κ1) is 25.2. The molecule has 0 radical (unpaired) electrons. The van der Waals surface area contributed by atoms with Gasteiger partial charge in [0.05, 0.1) is 12.7 Å². The van der Waals surface area contributed by atoms with E-state index in [-0.39, 0.29) is 12.2 Å². The molecule has 20 heteroatoms. The number of ether oxygens (including phenoxy) is 1. The molecule has 5 atom stereocenters. The number of aliphatic hydroxyl groups is 1. The number of nitrogen functional groups attached to an aromatic ring is 1. The van der Waals surface area contributed by atoms with Crippen LogP contribution >= 0.6 is 23.0 Å². The fourth-order valence-corrected chi connectivity index (χ4v) is 6.12. The molecule has 2 rings (SSSR count). The maximum Gasteiger partial charge on any atom is 0.477 e. The number of hydrogen-bond donors (Lipinski definition) is 6. The number of aromatic nitrogens is 2. The highest BCUT2D eigenvalue weighted by atomic mass is 31.3. The van der Waals surface area contributed by atoms with E-state index >= 15 is 0 Å². The molecule has 0 aromatic carbocycles. The van der Waals surface area contributed by atoms with Crippen LogP contribution < -0.4 is 11.4 Å². The standard InChI is InChI=1S/C10H16F2N3O12P3/c11-10(12,29(20,21)27-30(22,23)24)28(18,19)25-4-6-5(16)3-8(26-6)15-2-1-7(13)14-9(15)17/h1-2,5-6,8,16H,3-4H2,(H,18,19)(H,20,21)(H2,13,14,17)(H2,22,23,24)/t5-,6+,8+/m0/s1. The minimum atomic E-state index is -6.69. The van der Waals surface area contributed by atoms with Crippen molar-refractivity contribution in [2.24, 2.45) is 0 Å². The molecule has 2 heterocycles. The summed E-state index contributed by atoms with van der Waals surface area (Å²) in [6, 6.07) is 1.23. The third kappa shape index (κ3) is 5.39. The Labute approximate surface area is 165 Å². The van der Waals surface area contributed by atoms with Crippen LogP contribution in [-0.4, -0.2) is 58.5 Å². The molecular weight excluding hydrogens is 485 g/mol. The second-order valence-electron chi connectivity index (χ2n) is 5.89. The monoisotopic (exact) mass is 501 g/mol. The third-order valence-corrected chi connectivity index (χ3v) is 8.79. The number of rotatable bonds is 8. The van der Waals surface area contributed by atoms with Crippen LogP contribution in [0.1, 0.15) is 12.6 Å². The van der Waals surface area contributed by atoms with Crippen LogP contribution in [0.4, 0.5) is 14.6 Å². The van der Waals surface area contributed by atoms with Crippen molar-refractivity contribution < 1.29 is 60.7 Å². The van der Waals surface area contributed by atoms with E-state index in [4.69, 9.17) is 25.2 Å². The maximum atomic E-state index is 13.9. The summed E-state index contributed by atoms with van der Waals surface area (Å²) < 4.78 is 74.8. The van der Waals surface area contributed by atoms with Crippen LogP contribution in [0.5, 0.6) is 0 Å². The molecule has 30 heavy (non-hydrogen) atoms. The molecule has 1 aromatic rings. The van der Waals surface area contributed by atoms with Gasteiger partial charge in [-0.05, 0) is 6.07 Å². The van der Waals surface area contributed by atoms with Crippen molar-refractivity contribution in [1.29, 1.82) is 0 Å². The molecule has 1 aliphatic rings.